The number of halogens is 5. The number of alkyl halides is 3. The number of benzene rings is 1. The third-order valence-corrected chi connectivity index (χ3v) is 5.09. The standard InChI is InChI=1S/C18H18ClF4N3O/c19-14-2-1-3-15(20)13(14)11-25-8-6-12(7-9-25)10-26-17(27)5-4-16(24-26)18(21,22)23/h1-5,12H,6-11H2. The van der Waals surface area contributed by atoms with Gasteiger partial charge in [0.25, 0.3) is 5.56 Å². The van der Waals surface area contributed by atoms with Crippen LogP contribution in [0.1, 0.15) is 24.1 Å². The molecule has 1 aliphatic rings. The lowest BCUT2D eigenvalue weighted by atomic mass is 9.96. The van der Waals surface area contributed by atoms with Crippen molar-refractivity contribution in [2.24, 2.45) is 5.92 Å². The second kappa shape index (κ2) is 7.98. The summed E-state index contributed by atoms with van der Waals surface area (Å²) in [4.78, 5) is 13.9. The molecule has 1 aliphatic heterocycles. The first kappa shape index (κ1) is 19.8. The molecule has 0 radical (unpaired) electrons. The zero-order valence-electron chi connectivity index (χ0n) is 14.3. The van der Waals surface area contributed by atoms with Crippen LogP contribution < -0.4 is 5.56 Å². The molecule has 0 aliphatic carbocycles. The summed E-state index contributed by atoms with van der Waals surface area (Å²) >= 11 is 6.05. The highest BCUT2D eigenvalue weighted by atomic mass is 35.5. The van der Waals surface area contributed by atoms with Crippen LogP contribution >= 0.6 is 11.6 Å². The summed E-state index contributed by atoms with van der Waals surface area (Å²) in [5.74, 6) is -0.324. The van der Waals surface area contributed by atoms with Crippen molar-refractivity contribution in [1.82, 2.24) is 14.7 Å². The van der Waals surface area contributed by atoms with E-state index in [-0.39, 0.29) is 18.3 Å². The maximum atomic E-state index is 13.9. The van der Waals surface area contributed by atoms with E-state index in [0.717, 1.165) is 10.7 Å². The van der Waals surface area contributed by atoms with Crippen LogP contribution in [0.5, 0.6) is 0 Å². The number of likely N-dealkylation sites (tertiary alicyclic amines) is 1. The summed E-state index contributed by atoms with van der Waals surface area (Å²) in [7, 11) is 0. The highest BCUT2D eigenvalue weighted by molar-refractivity contribution is 6.31. The Hall–Kier alpha value is -1.93. The second-order valence-electron chi connectivity index (χ2n) is 6.66. The van der Waals surface area contributed by atoms with Gasteiger partial charge >= 0.3 is 6.18 Å². The smallest absolute Gasteiger partial charge is 0.299 e. The van der Waals surface area contributed by atoms with E-state index in [2.05, 4.69) is 5.10 Å². The molecule has 0 spiro atoms. The zero-order chi connectivity index (χ0) is 19.6. The lowest BCUT2D eigenvalue weighted by Gasteiger charge is -2.32. The van der Waals surface area contributed by atoms with Crippen molar-refractivity contribution >= 4 is 11.6 Å². The summed E-state index contributed by atoms with van der Waals surface area (Å²) in [6.45, 7) is 1.79. The maximum Gasteiger partial charge on any atom is 0.435 e. The molecular weight excluding hydrogens is 386 g/mol. The molecule has 0 N–H and O–H groups in total. The van der Waals surface area contributed by atoms with E-state index < -0.39 is 17.4 Å². The van der Waals surface area contributed by atoms with Crippen LogP contribution in [0.25, 0.3) is 0 Å². The van der Waals surface area contributed by atoms with Crippen molar-refractivity contribution in [3.8, 4) is 0 Å². The van der Waals surface area contributed by atoms with Gasteiger partial charge in [0.15, 0.2) is 5.69 Å². The van der Waals surface area contributed by atoms with Crippen molar-refractivity contribution < 1.29 is 17.6 Å². The molecule has 0 bridgehead atoms. The monoisotopic (exact) mass is 403 g/mol. The molecule has 146 valence electrons. The van der Waals surface area contributed by atoms with Gasteiger partial charge in [0.2, 0.25) is 0 Å². The Labute approximate surface area is 158 Å². The predicted octanol–water partition coefficient (Wildman–Crippen LogP) is 3.97. The summed E-state index contributed by atoms with van der Waals surface area (Å²) in [6.07, 6.45) is -3.23. The largest absolute Gasteiger partial charge is 0.435 e. The molecule has 4 nitrogen and oxygen atoms in total. The molecule has 1 saturated heterocycles. The van der Waals surface area contributed by atoms with Crippen LogP contribution in [0.2, 0.25) is 5.02 Å². The SMILES string of the molecule is O=c1ccc(C(F)(F)F)nn1CC1CCN(Cc2c(F)cccc2Cl)CC1. The number of rotatable bonds is 4. The minimum absolute atomic E-state index is 0.0334. The molecule has 0 atom stereocenters. The predicted molar refractivity (Wildman–Crippen MR) is 92.9 cm³/mol. The number of piperidine rings is 1. The number of nitrogens with zero attached hydrogens (tertiary/aromatic N) is 3. The Kier molecular flexibility index (Phi) is 5.86. The molecular formula is C18H18ClF4N3O. The van der Waals surface area contributed by atoms with E-state index in [4.69, 9.17) is 11.6 Å². The van der Waals surface area contributed by atoms with Gasteiger partial charge in [0.05, 0.1) is 0 Å². The lowest BCUT2D eigenvalue weighted by Crippen LogP contribution is -2.37. The van der Waals surface area contributed by atoms with E-state index in [9.17, 15) is 22.4 Å². The van der Waals surface area contributed by atoms with Gasteiger partial charge in [-0.3, -0.25) is 9.69 Å². The van der Waals surface area contributed by atoms with E-state index in [1.807, 2.05) is 4.90 Å². The third-order valence-electron chi connectivity index (χ3n) is 4.74. The maximum absolute atomic E-state index is 13.9. The van der Waals surface area contributed by atoms with Crippen LogP contribution in [0.4, 0.5) is 17.6 Å². The molecule has 1 fully saturated rings. The van der Waals surface area contributed by atoms with Gasteiger partial charge in [-0.05, 0) is 50.0 Å². The molecule has 0 unspecified atom stereocenters. The van der Waals surface area contributed by atoms with E-state index >= 15 is 0 Å². The minimum Gasteiger partial charge on any atom is -0.299 e. The van der Waals surface area contributed by atoms with Gasteiger partial charge in [-0.15, -0.1) is 0 Å². The fourth-order valence-electron chi connectivity index (χ4n) is 3.21. The number of hydrogen-bond donors (Lipinski definition) is 0. The summed E-state index contributed by atoms with van der Waals surface area (Å²) in [6, 6.07) is 6.13. The van der Waals surface area contributed by atoms with Crippen molar-refractivity contribution in [2.45, 2.75) is 32.1 Å². The third kappa shape index (κ3) is 4.87. The average Bonchev–Trinajstić information content (AvgIpc) is 2.60. The summed E-state index contributed by atoms with van der Waals surface area (Å²) in [5.41, 5.74) is -1.19. The molecule has 1 aromatic carbocycles. The molecule has 0 amide bonds. The van der Waals surface area contributed by atoms with Crippen molar-refractivity contribution in [1.29, 1.82) is 0 Å². The summed E-state index contributed by atoms with van der Waals surface area (Å²) in [5, 5.41) is 3.82. The van der Waals surface area contributed by atoms with Gasteiger partial charge in [0.1, 0.15) is 5.82 Å². The normalized spacial score (nSPS) is 16.6. The molecule has 2 heterocycles. The van der Waals surface area contributed by atoms with Crippen LogP contribution in [0.15, 0.2) is 35.1 Å². The topological polar surface area (TPSA) is 38.1 Å². The quantitative estimate of drug-likeness (QED) is 0.725. The summed E-state index contributed by atoms with van der Waals surface area (Å²) < 4.78 is 53.1. The van der Waals surface area contributed by atoms with Crippen molar-refractivity contribution in [2.75, 3.05) is 13.1 Å². The number of hydrogen-bond acceptors (Lipinski definition) is 3. The highest BCUT2D eigenvalue weighted by Crippen LogP contribution is 2.27. The Morgan fingerprint density at radius 3 is 2.48 bits per heavy atom. The Balaban J connectivity index is 1.61. The van der Waals surface area contributed by atoms with Gasteiger partial charge < -0.3 is 0 Å². The average molecular weight is 404 g/mol. The highest BCUT2D eigenvalue weighted by Gasteiger charge is 2.33. The first-order valence-electron chi connectivity index (χ1n) is 8.54. The molecule has 27 heavy (non-hydrogen) atoms. The first-order chi connectivity index (χ1) is 12.7. The second-order valence-corrected chi connectivity index (χ2v) is 7.06. The fraction of sp³-hybridized carbons (Fsp3) is 0.444. The molecule has 0 saturated carbocycles. The van der Waals surface area contributed by atoms with Crippen LogP contribution in [-0.4, -0.2) is 27.8 Å². The van der Waals surface area contributed by atoms with Gasteiger partial charge in [-0.2, -0.15) is 18.3 Å². The minimum atomic E-state index is -4.59. The van der Waals surface area contributed by atoms with Gasteiger partial charge in [-0.1, -0.05) is 17.7 Å². The van der Waals surface area contributed by atoms with E-state index in [1.165, 1.54) is 6.07 Å². The van der Waals surface area contributed by atoms with Crippen LogP contribution in [-0.2, 0) is 19.3 Å². The Morgan fingerprint density at radius 2 is 1.85 bits per heavy atom. The van der Waals surface area contributed by atoms with E-state index in [0.29, 0.717) is 49.1 Å². The first-order valence-corrected chi connectivity index (χ1v) is 8.92. The molecule has 9 heteroatoms. The van der Waals surface area contributed by atoms with E-state index in [1.54, 1.807) is 12.1 Å². The number of aromatic nitrogens is 2. The lowest BCUT2D eigenvalue weighted by molar-refractivity contribution is -0.142. The van der Waals surface area contributed by atoms with Crippen molar-refractivity contribution in [3.63, 3.8) is 0 Å². The zero-order valence-corrected chi connectivity index (χ0v) is 15.1. The molecule has 1 aromatic heterocycles. The Bertz CT molecular complexity index is 840. The van der Waals surface area contributed by atoms with Crippen molar-refractivity contribution in [3.05, 3.63) is 62.8 Å². The van der Waals surface area contributed by atoms with Gasteiger partial charge in [0, 0.05) is 29.7 Å². The van der Waals surface area contributed by atoms with Crippen LogP contribution in [0.3, 0.4) is 0 Å². The Morgan fingerprint density at radius 1 is 1.15 bits per heavy atom. The van der Waals surface area contributed by atoms with Gasteiger partial charge in [-0.25, -0.2) is 9.07 Å². The molecule has 2 aromatic rings. The molecule has 3 rings (SSSR count). The van der Waals surface area contributed by atoms with Crippen LogP contribution in [0, 0.1) is 11.7 Å². The fourth-order valence-corrected chi connectivity index (χ4v) is 3.43.